The first kappa shape index (κ1) is 19.2. The van der Waals surface area contributed by atoms with E-state index in [0.29, 0.717) is 45.2 Å². The van der Waals surface area contributed by atoms with Crippen LogP contribution in [0.25, 0.3) is 10.8 Å². The zero-order valence-corrected chi connectivity index (χ0v) is 16.0. The lowest BCUT2D eigenvalue weighted by molar-refractivity contribution is -0.117. The third-order valence-electron chi connectivity index (χ3n) is 4.60. The van der Waals surface area contributed by atoms with Crippen molar-refractivity contribution in [3.8, 4) is 0 Å². The summed E-state index contributed by atoms with van der Waals surface area (Å²) in [4.78, 5) is 28.2. The Labute approximate surface area is 160 Å². The summed E-state index contributed by atoms with van der Waals surface area (Å²) in [5, 5.41) is 5.15. The van der Waals surface area contributed by atoms with E-state index in [1.54, 1.807) is 4.90 Å². The first-order valence-electron chi connectivity index (χ1n) is 9.44. The third kappa shape index (κ3) is 5.20. The molecule has 1 aliphatic rings. The minimum Gasteiger partial charge on any atom is -0.449 e. The van der Waals surface area contributed by atoms with Crippen LogP contribution in [0.1, 0.15) is 13.8 Å². The molecule has 144 valence electrons. The number of nitrogens with one attached hydrogen (secondary N) is 1. The maximum absolute atomic E-state index is 12.5. The van der Waals surface area contributed by atoms with Crippen molar-refractivity contribution in [3.63, 3.8) is 0 Å². The number of rotatable bonds is 5. The van der Waals surface area contributed by atoms with E-state index in [1.165, 1.54) is 0 Å². The lowest BCUT2D eigenvalue weighted by Gasteiger charge is -2.33. The Bertz CT molecular complexity index is 793. The number of anilines is 1. The van der Waals surface area contributed by atoms with Crippen LogP contribution < -0.4 is 5.32 Å². The van der Waals surface area contributed by atoms with Gasteiger partial charge in [0.2, 0.25) is 5.91 Å². The predicted octanol–water partition coefficient (Wildman–Crippen LogP) is 3.19. The minimum atomic E-state index is -0.261. The molecule has 1 fully saturated rings. The number of hydrogen-bond acceptors (Lipinski definition) is 4. The van der Waals surface area contributed by atoms with Crippen LogP contribution in [0.3, 0.4) is 0 Å². The molecule has 1 saturated heterocycles. The molecule has 2 amide bonds. The molecular formula is C21H27N3O3. The zero-order valence-electron chi connectivity index (χ0n) is 16.0. The van der Waals surface area contributed by atoms with E-state index >= 15 is 0 Å². The van der Waals surface area contributed by atoms with Gasteiger partial charge in [0.25, 0.3) is 0 Å². The van der Waals surface area contributed by atoms with Crippen LogP contribution in [0.4, 0.5) is 10.5 Å². The van der Waals surface area contributed by atoms with Crippen molar-refractivity contribution >= 4 is 28.5 Å². The fraction of sp³-hybridized carbons (Fsp3) is 0.429. The molecule has 0 saturated carbocycles. The second-order valence-corrected chi connectivity index (χ2v) is 7.31. The highest BCUT2D eigenvalue weighted by atomic mass is 16.6. The Hall–Kier alpha value is -2.60. The van der Waals surface area contributed by atoms with Crippen molar-refractivity contribution < 1.29 is 14.3 Å². The van der Waals surface area contributed by atoms with Gasteiger partial charge in [0.1, 0.15) is 0 Å². The summed E-state index contributed by atoms with van der Waals surface area (Å²) >= 11 is 0. The van der Waals surface area contributed by atoms with Gasteiger partial charge in [-0.15, -0.1) is 0 Å². The summed E-state index contributed by atoms with van der Waals surface area (Å²) in [6.45, 7) is 7.28. The molecule has 0 aromatic heterocycles. The number of piperazine rings is 1. The van der Waals surface area contributed by atoms with Gasteiger partial charge in [-0.3, -0.25) is 9.69 Å². The summed E-state index contributed by atoms with van der Waals surface area (Å²) < 4.78 is 5.27. The standard InChI is InChI=1S/C21H27N3O3/c1-16(2)15-27-21(26)24-12-10-23(11-13-24)14-20(25)22-19-9-5-7-17-6-3-4-8-18(17)19/h3-9,16H,10-15H2,1-2H3,(H,22,25). The molecule has 3 rings (SSSR count). The van der Waals surface area contributed by atoms with E-state index in [4.69, 9.17) is 4.74 Å². The Morgan fingerprint density at radius 3 is 2.48 bits per heavy atom. The largest absolute Gasteiger partial charge is 0.449 e. The first-order chi connectivity index (χ1) is 13.0. The molecule has 1 aliphatic heterocycles. The average Bonchev–Trinajstić information content (AvgIpc) is 2.67. The van der Waals surface area contributed by atoms with Crippen molar-refractivity contribution in [2.75, 3.05) is 44.6 Å². The summed E-state index contributed by atoms with van der Waals surface area (Å²) in [5.41, 5.74) is 0.828. The van der Waals surface area contributed by atoms with Gasteiger partial charge in [-0.1, -0.05) is 50.2 Å². The van der Waals surface area contributed by atoms with Gasteiger partial charge in [0, 0.05) is 37.3 Å². The smallest absolute Gasteiger partial charge is 0.409 e. The van der Waals surface area contributed by atoms with Crippen molar-refractivity contribution in [1.29, 1.82) is 0 Å². The summed E-state index contributed by atoms with van der Waals surface area (Å²) in [6.07, 6.45) is -0.261. The number of carbonyl (C=O) groups is 2. The number of benzene rings is 2. The summed E-state index contributed by atoms with van der Waals surface area (Å²) in [5.74, 6) is 0.287. The summed E-state index contributed by atoms with van der Waals surface area (Å²) in [7, 11) is 0. The van der Waals surface area contributed by atoms with Crippen molar-refractivity contribution in [2.45, 2.75) is 13.8 Å². The van der Waals surface area contributed by atoms with E-state index in [9.17, 15) is 9.59 Å². The molecule has 0 radical (unpaired) electrons. The lowest BCUT2D eigenvalue weighted by atomic mass is 10.1. The number of amides is 2. The molecule has 2 aromatic rings. The second kappa shape index (κ2) is 8.86. The van der Waals surface area contributed by atoms with Crippen LogP contribution in [0.5, 0.6) is 0 Å². The van der Waals surface area contributed by atoms with Crippen LogP contribution in [-0.4, -0.2) is 61.1 Å². The number of hydrogen-bond donors (Lipinski definition) is 1. The molecule has 6 nitrogen and oxygen atoms in total. The lowest BCUT2D eigenvalue weighted by Crippen LogP contribution is -2.50. The molecule has 0 spiro atoms. The zero-order chi connectivity index (χ0) is 19.2. The van der Waals surface area contributed by atoms with Gasteiger partial charge in [0.15, 0.2) is 0 Å². The first-order valence-corrected chi connectivity index (χ1v) is 9.44. The van der Waals surface area contributed by atoms with E-state index in [1.807, 2.05) is 56.3 Å². The van der Waals surface area contributed by atoms with Crippen LogP contribution in [-0.2, 0) is 9.53 Å². The molecule has 6 heteroatoms. The number of fused-ring (bicyclic) bond motifs is 1. The molecule has 0 unspecified atom stereocenters. The molecule has 0 atom stereocenters. The van der Waals surface area contributed by atoms with E-state index in [0.717, 1.165) is 16.5 Å². The van der Waals surface area contributed by atoms with Crippen molar-refractivity contribution in [2.24, 2.45) is 5.92 Å². The molecule has 0 bridgehead atoms. The minimum absolute atomic E-state index is 0.0396. The van der Waals surface area contributed by atoms with Crippen LogP contribution in [0.15, 0.2) is 42.5 Å². The highest BCUT2D eigenvalue weighted by Crippen LogP contribution is 2.22. The van der Waals surface area contributed by atoms with E-state index < -0.39 is 0 Å². The number of carbonyl (C=O) groups excluding carboxylic acids is 2. The molecular weight excluding hydrogens is 342 g/mol. The highest BCUT2D eigenvalue weighted by Gasteiger charge is 2.23. The summed E-state index contributed by atoms with van der Waals surface area (Å²) in [6, 6.07) is 13.9. The number of nitrogens with zero attached hydrogens (tertiary/aromatic N) is 2. The maximum Gasteiger partial charge on any atom is 0.409 e. The van der Waals surface area contributed by atoms with Crippen LogP contribution >= 0.6 is 0 Å². The Kier molecular flexibility index (Phi) is 6.29. The van der Waals surface area contributed by atoms with Crippen molar-refractivity contribution in [1.82, 2.24) is 9.80 Å². The van der Waals surface area contributed by atoms with Crippen LogP contribution in [0, 0.1) is 5.92 Å². The molecule has 1 heterocycles. The van der Waals surface area contributed by atoms with Gasteiger partial charge in [0.05, 0.1) is 13.2 Å². The Morgan fingerprint density at radius 1 is 1.04 bits per heavy atom. The van der Waals surface area contributed by atoms with Gasteiger partial charge >= 0.3 is 6.09 Å². The second-order valence-electron chi connectivity index (χ2n) is 7.31. The predicted molar refractivity (Wildman–Crippen MR) is 107 cm³/mol. The van der Waals surface area contributed by atoms with Crippen LogP contribution in [0.2, 0.25) is 0 Å². The monoisotopic (exact) mass is 369 g/mol. The molecule has 27 heavy (non-hydrogen) atoms. The SMILES string of the molecule is CC(C)COC(=O)N1CCN(CC(=O)Nc2cccc3ccccc23)CC1. The average molecular weight is 369 g/mol. The number of ether oxygens (including phenoxy) is 1. The Balaban J connectivity index is 1.49. The van der Waals surface area contributed by atoms with Gasteiger partial charge in [-0.2, -0.15) is 0 Å². The topological polar surface area (TPSA) is 61.9 Å². The van der Waals surface area contributed by atoms with Gasteiger partial charge in [-0.25, -0.2) is 4.79 Å². The van der Waals surface area contributed by atoms with Crippen molar-refractivity contribution in [3.05, 3.63) is 42.5 Å². The normalized spacial score (nSPS) is 15.1. The molecule has 0 aliphatic carbocycles. The molecule has 1 N–H and O–H groups in total. The molecule has 2 aromatic carbocycles. The Morgan fingerprint density at radius 2 is 1.74 bits per heavy atom. The third-order valence-corrected chi connectivity index (χ3v) is 4.60. The fourth-order valence-corrected chi connectivity index (χ4v) is 3.15. The van der Waals surface area contributed by atoms with Gasteiger partial charge in [-0.05, 0) is 17.4 Å². The quantitative estimate of drug-likeness (QED) is 0.879. The highest BCUT2D eigenvalue weighted by molar-refractivity contribution is 6.02. The van der Waals surface area contributed by atoms with E-state index in [-0.39, 0.29) is 12.0 Å². The fourth-order valence-electron chi connectivity index (χ4n) is 3.15. The van der Waals surface area contributed by atoms with E-state index in [2.05, 4.69) is 10.2 Å². The van der Waals surface area contributed by atoms with Gasteiger partial charge < -0.3 is 15.0 Å². The maximum atomic E-state index is 12.5.